The summed E-state index contributed by atoms with van der Waals surface area (Å²) in [5.74, 6) is 3.24. The van der Waals surface area contributed by atoms with Crippen LogP contribution in [-0.2, 0) is 0 Å². The quantitative estimate of drug-likeness (QED) is 0.453. The van der Waals surface area contributed by atoms with Crippen molar-refractivity contribution in [2.24, 2.45) is 5.92 Å². The number of anilines is 2. The maximum atomic E-state index is 8.95. The summed E-state index contributed by atoms with van der Waals surface area (Å²) in [6.45, 7) is 5.74. The van der Waals surface area contributed by atoms with Crippen molar-refractivity contribution in [1.82, 2.24) is 14.9 Å². The van der Waals surface area contributed by atoms with Gasteiger partial charge < -0.3 is 15.1 Å². The molecule has 1 saturated carbocycles. The maximum absolute atomic E-state index is 8.95. The van der Waals surface area contributed by atoms with Gasteiger partial charge in [0, 0.05) is 50.9 Å². The molecule has 0 amide bonds. The van der Waals surface area contributed by atoms with Gasteiger partial charge >= 0.3 is 0 Å². The molecule has 2 aromatic rings. The smallest absolute Gasteiger partial charge is 0.137 e. The van der Waals surface area contributed by atoms with Gasteiger partial charge in [-0.05, 0) is 56.7 Å². The van der Waals surface area contributed by atoms with Crippen LogP contribution in [0.1, 0.15) is 92.0 Å². The van der Waals surface area contributed by atoms with Crippen molar-refractivity contribution in [2.45, 2.75) is 76.5 Å². The molecule has 2 N–H and O–H groups in total. The molecule has 6 nitrogen and oxygen atoms in total. The van der Waals surface area contributed by atoms with Gasteiger partial charge in [0.05, 0.1) is 15.6 Å². The molecule has 1 atom stereocenters. The van der Waals surface area contributed by atoms with Gasteiger partial charge in [0.1, 0.15) is 11.6 Å². The van der Waals surface area contributed by atoms with E-state index in [1.807, 2.05) is 13.2 Å². The molecule has 190 valence electrons. The number of nitrogens with zero attached hydrogens (tertiary/aromatic N) is 4. The summed E-state index contributed by atoms with van der Waals surface area (Å²) in [5, 5.41) is 13.4. The first kappa shape index (κ1) is 24.7. The third kappa shape index (κ3) is 6.05. The van der Waals surface area contributed by atoms with Gasteiger partial charge in [-0.3, -0.25) is 5.41 Å². The lowest BCUT2D eigenvalue weighted by Crippen LogP contribution is -2.28. The topological polar surface area (TPSA) is 68.1 Å². The third-order valence-electron chi connectivity index (χ3n) is 8.20. The number of thiazole rings is 1. The van der Waals surface area contributed by atoms with Crippen molar-refractivity contribution >= 4 is 28.7 Å². The summed E-state index contributed by atoms with van der Waals surface area (Å²) in [7, 11) is 1.91. The Kier molecular flexibility index (Phi) is 8.35. The standard InChI is InChI=1S/C28H42N6S/c1-30-27-23(12-13-25(32-27)34-15-8-3-2-4-9-16-34)26(29)24-18-31-28(35-24)22-14-17-33(20-22)19-21-10-6-5-7-11-21/h12-13,18,21-22,29H,2-11,14-17,19-20H2,1H3,(H,30,32). The summed E-state index contributed by atoms with van der Waals surface area (Å²) >= 11 is 1.71. The van der Waals surface area contributed by atoms with Crippen LogP contribution < -0.4 is 10.2 Å². The highest BCUT2D eigenvalue weighted by molar-refractivity contribution is 7.14. The summed E-state index contributed by atoms with van der Waals surface area (Å²) in [6, 6.07) is 4.19. The van der Waals surface area contributed by atoms with Gasteiger partial charge in [0.25, 0.3) is 0 Å². The Labute approximate surface area is 215 Å². The highest BCUT2D eigenvalue weighted by atomic mass is 32.1. The van der Waals surface area contributed by atoms with Gasteiger partial charge in [-0.2, -0.15) is 0 Å². The van der Waals surface area contributed by atoms with Crippen LogP contribution in [0.2, 0.25) is 0 Å². The fourth-order valence-electron chi connectivity index (χ4n) is 6.15. The third-order valence-corrected chi connectivity index (χ3v) is 9.38. The normalized spacial score (nSPS) is 22.7. The number of pyridine rings is 1. The number of hydrogen-bond acceptors (Lipinski definition) is 7. The molecule has 3 fully saturated rings. The van der Waals surface area contributed by atoms with Gasteiger partial charge in [0.15, 0.2) is 0 Å². The second-order valence-electron chi connectivity index (χ2n) is 10.8. The van der Waals surface area contributed by atoms with Crippen molar-refractivity contribution in [3.05, 3.63) is 33.8 Å². The van der Waals surface area contributed by atoms with E-state index >= 15 is 0 Å². The van der Waals surface area contributed by atoms with E-state index in [4.69, 9.17) is 15.4 Å². The SMILES string of the molecule is CNc1nc(N2CCCCCCC2)ccc1C(=N)c1cnc(C2CCN(CC3CCCCC3)C2)s1. The lowest BCUT2D eigenvalue weighted by molar-refractivity contribution is 0.232. The summed E-state index contributed by atoms with van der Waals surface area (Å²) in [6.07, 6.45) is 16.7. The Bertz CT molecular complexity index is 974. The lowest BCUT2D eigenvalue weighted by Gasteiger charge is -2.26. The molecule has 2 aliphatic heterocycles. The molecule has 0 bridgehead atoms. The van der Waals surface area contributed by atoms with Crippen molar-refractivity contribution in [2.75, 3.05) is 50.0 Å². The maximum Gasteiger partial charge on any atom is 0.137 e. The minimum absolute atomic E-state index is 0.515. The van der Waals surface area contributed by atoms with Crippen LogP contribution >= 0.6 is 11.3 Å². The first-order chi connectivity index (χ1) is 17.2. The van der Waals surface area contributed by atoms with E-state index in [0.29, 0.717) is 11.6 Å². The zero-order chi connectivity index (χ0) is 24.0. The van der Waals surface area contributed by atoms with E-state index in [0.717, 1.165) is 47.6 Å². The highest BCUT2D eigenvalue weighted by Crippen LogP contribution is 2.34. The monoisotopic (exact) mass is 494 g/mol. The second-order valence-corrected chi connectivity index (χ2v) is 11.8. The van der Waals surface area contributed by atoms with Crippen LogP contribution in [-0.4, -0.2) is 60.4 Å². The molecule has 1 aliphatic carbocycles. The zero-order valence-corrected chi connectivity index (χ0v) is 22.2. The molecular weight excluding hydrogens is 452 g/mol. The van der Waals surface area contributed by atoms with Gasteiger partial charge in [-0.25, -0.2) is 9.97 Å². The Hall–Kier alpha value is -1.99. The van der Waals surface area contributed by atoms with Crippen LogP contribution in [0.3, 0.4) is 0 Å². The first-order valence-electron chi connectivity index (χ1n) is 13.9. The van der Waals surface area contributed by atoms with Crippen molar-refractivity contribution in [3.63, 3.8) is 0 Å². The fourth-order valence-corrected chi connectivity index (χ4v) is 7.16. The van der Waals surface area contributed by atoms with E-state index in [9.17, 15) is 0 Å². The number of hydrogen-bond donors (Lipinski definition) is 2. The van der Waals surface area contributed by atoms with Crippen LogP contribution in [0, 0.1) is 11.3 Å². The minimum atomic E-state index is 0.515. The van der Waals surface area contributed by atoms with Crippen molar-refractivity contribution in [1.29, 1.82) is 5.41 Å². The Morgan fingerprint density at radius 1 is 1.00 bits per heavy atom. The van der Waals surface area contributed by atoms with Crippen molar-refractivity contribution in [3.8, 4) is 0 Å². The van der Waals surface area contributed by atoms with E-state index in [1.165, 1.54) is 88.7 Å². The molecule has 2 saturated heterocycles. The number of aromatic nitrogens is 2. The number of likely N-dealkylation sites (tertiary alicyclic amines) is 1. The molecule has 5 rings (SSSR count). The number of rotatable bonds is 7. The average molecular weight is 495 g/mol. The summed E-state index contributed by atoms with van der Waals surface area (Å²) < 4.78 is 0. The fraction of sp³-hybridized carbons (Fsp3) is 0.679. The average Bonchev–Trinajstić information content (AvgIpc) is 3.54. The summed E-state index contributed by atoms with van der Waals surface area (Å²) in [4.78, 5) is 15.8. The minimum Gasteiger partial charge on any atom is -0.373 e. The van der Waals surface area contributed by atoms with Crippen LogP contribution in [0.15, 0.2) is 18.3 Å². The van der Waals surface area contributed by atoms with E-state index in [-0.39, 0.29) is 0 Å². The largest absolute Gasteiger partial charge is 0.373 e. The first-order valence-corrected chi connectivity index (χ1v) is 14.7. The molecule has 3 aliphatic rings. The predicted octanol–water partition coefficient (Wildman–Crippen LogP) is 6.14. The molecule has 0 spiro atoms. The molecule has 7 heteroatoms. The van der Waals surface area contributed by atoms with Crippen LogP contribution in [0.4, 0.5) is 11.6 Å². The van der Waals surface area contributed by atoms with Crippen LogP contribution in [0.25, 0.3) is 0 Å². The Balaban J connectivity index is 1.24. The highest BCUT2D eigenvalue weighted by Gasteiger charge is 2.29. The Morgan fingerprint density at radius 3 is 2.51 bits per heavy atom. The van der Waals surface area contributed by atoms with Crippen molar-refractivity contribution < 1.29 is 0 Å². The molecular formula is C28H42N6S. The lowest BCUT2D eigenvalue weighted by atomic mass is 9.89. The molecule has 2 aromatic heterocycles. The van der Waals surface area contributed by atoms with Crippen LogP contribution in [0.5, 0.6) is 0 Å². The van der Waals surface area contributed by atoms with Gasteiger partial charge in [0.2, 0.25) is 0 Å². The molecule has 4 heterocycles. The van der Waals surface area contributed by atoms with E-state index in [2.05, 4.69) is 27.2 Å². The predicted molar refractivity (Wildman–Crippen MR) is 147 cm³/mol. The summed E-state index contributed by atoms with van der Waals surface area (Å²) in [5.41, 5.74) is 1.39. The molecule has 0 aromatic carbocycles. The molecule has 35 heavy (non-hydrogen) atoms. The molecule has 0 radical (unpaired) electrons. The van der Waals surface area contributed by atoms with Gasteiger partial charge in [-0.1, -0.05) is 38.5 Å². The molecule has 1 unspecified atom stereocenters. The Morgan fingerprint density at radius 2 is 1.74 bits per heavy atom. The van der Waals surface area contributed by atoms with E-state index < -0.39 is 0 Å². The van der Waals surface area contributed by atoms with Gasteiger partial charge in [-0.15, -0.1) is 11.3 Å². The second kappa shape index (κ2) is 11.8. The van der Waals surface area contributed by atoms with E-state index in [1.54, 1.807) is 11.3 Å². The zero-order valence-electron chi connectivity index (χ0n) is 21.4. The number of nitrogens with one attached hydrogen (secondary N) is 2.